The van der Waals surface area contributed by atoms with Crippen molar-refractivity contribution in [3.8, 4) is 0 Å². The van der Waals surface area contributed by atoms with Crippen LogP contribution in [0.15, 0.2) is 30.3 Å². The molecule has 1 heterocycles. The Morgan fingerprint density at radius 1 is 1.00 bits per heavy atom. The Kier molecular flexibility index (Phi) is 4.34. The van der Waals surface area contributed by atoms with Crippen LogP contribution in [0.3, 0.4) is 0 Å². The lowest BCUT2D eigenvalue weighted by molar-refractivity contribution is -0.137. The van der Waals surface area contributed by atoms with Crippen molar-refractivity contribution in [2.75, 3.05) is 10.6 Å². The van der Waals surface area contributed by atoms with Gasteiger partial charge in [-0.1, -0.05) is 0 Å². The lowest BCUT2D eigenvalue weighted by Gasteiger charge is -2.21. The molecule has 0 aliphatic heterocycles. The largest absolute Gasteiger partial charge is 0.416 e. The third-order valence-electron chi connectivity index (χ3n) is 3.71. The van der Waals surface area contributed by atoms with Crippen LogP contribution in [0.2, 0.25) is 0 Å². The van der Waals surface area contributed by atoms with E-state index in [2.05, 4.69) is 20.6 Å². The summed E-state index contributed by atoms with van der Waals surface area (Å²) in [4.78, 5) is 9.00. The summed E-state index contributed by atoms with van der Waals surface area (Å²) in [6, 6.07) is 6.78. The first-order valence-corrected chi connectivity index (χ1v) is 8.22. The van der Waals surface area contributed by atoms with Crippen molar-refractivity contribution < 1.29 is 13.2 Å². The molecule has 2 N–H and O–H groups in total. The maximum atomic E-state index is 12.7. The van der Waals surface area contributed by atoms with Gasteiger partial charge in [-0.05, 0) is 57.9 Å². The molecule has 1 aromatic carbocycles. The van der Waals surface area contributed by atoms with Crippen molar-refractivity contribution in [2.24, 2.45) is 0 Å². The fourth-order valence-corrected chi connectivity index (χ4v) is 2.40. The molecule has 0 spiro atoms. The molecule has 7 heteroatoms. The molecule has 4 nitrogen and oxygen atoms in total. The summed E-state index contributed by atoms with van der Waals surface area (Å²) in [5.41, 5.74) is 0.647. The average molecular weight is 350 g/mol. The van der Waals surface area contributed by atoms with Gasteiger partial charge in [0.15, 0.2) is 0 Å². The maximum absolute atomic E-state index is 12.7. The van der Waals surface area contributed by atoms with Gasteiger partial charge in [-0.2, -0.15) is 18.2 Å². The fraction of sp³-hybridized carbons (Fsp3) is 0.444. The molecule has 1 saturated carbocycles. The number of hydrogen-bond acceptors (Lipinski definition) is 4. The first-order valence-electron chi connectivity index (χ1n) is 8.22. The minimum atomic E-state index is -4.34. The smallest absolute Gasteiger partial charge is 0.350 e. The second-order valence-corrected chi connectivity index (χ2v) is 7.35. The van der Waals surface area contributed by atoms with Crippen molar-refractivity contribution in [3.05, 3.63) is 41.6 Å². The molecule has 1 fully saturated rings. The number of halogens is 3. The standard InChI is InChI=1S/C18H21F3N4/c1-17(2,3)25-16-23-14(11-4-5-11)10-15(24-16)22-13-8-6-12(7-9-13)18(19,20)21/h6-11H,4-5H2,1-3H3,(H2,22,23,24,25). The molecule has 0 unspecified atom stereocenters. The van der Waals surface area contributed by atoms with Gasteiger partial charge in [-0.25, -0.2) is 4.98 Å². The van der Waals surface area contributed by atoms with E-state index in [4.69, 9.17) is 0 Å². The van der Waals surface area contributed by atoms with E-state index in [0.717, 1.165) is 30.7 Å². The summed E-state index contributed by atoms with van der Waals surface area (Å²) < 4.78 is 38.0. The normalized spacial score (nSPS) is 15.1. The maximum Gasteiger partial charge on any atom is 0.416 e. The van der Waals surface area contributed by atoms with Crippen molar-refractivity contribution >= 4 is 17.5 Å². The lowest BCUT2D eigenvalue weighted by Crippen LogP contribution is -2.27. The zero-order chi connectivity index (χ0) is 18.2. The molecule has 0 radical (unpaired) electrons. The summed E-state index contributed by atoms with van der Waals surface area (Å²) >= 11 is 0. The number of nitrogens with zero attached hydrogens (tertiary/aromatic N) is 2. The van der Waals surface area contributed by atoms with Gasteiger partial charge in [0.2, 0.25) is 5.95 Å². The molecule has 0 bridgehead atoms. The zero-order valence-corrected chi connectivity index (χ0v) is 14.4. The third-order valence-corrected chi connectivity index (χ3v) is 3.71. The van der Waals surface area contributed by atoms with Crippen LogP contribution in [0.5, 0.6) is 0 Å². The number of benzene rings is 1. The zero-order valence-electron chi connectivity index (χ0n) is 14.4. The van der Waals surface area contributed by atoms with E-state index in [1.54, 1.807) is 0 Å². The molecule has 0 atom stereocenters. The van der Waals surface area contributed by atoms with E-state index in [1.807, 2.05) is 26.8 Å². The lowest BCUT2D eigenvalue weighted by atomic mass is 10.1. The van der Waals surface area contributed by atoms with Crippen LogP contribution in [0.25, 0.3) is 0 Å². The molecule has 25 heavy (non-hydrogen) atoms. The minimum Gasteiger partial charge on any atom is -0.350 e. The Hall–Kier alpha value is -2.31. The first-order chi connectivity index (χ1) is 11.6. The van der Waals surface area contributed by atoms with E-state index in [0.29, 0.717) is 23.4 Å². The Balaban J connectivity index is 1.83. The molecule has 1 aliphatic rings. The molecule has 134 valence electrons. The third kappa shape index (κ3) is 4.84. The molecule has 1 aliphatic carbocycles. The van der Waals surface area contributed by atoms with Gasteiger partial charge in [0, 0.05) is 23.2 Å². The number of rotatable bonds is 4. The second kappa shape index (κ2) is 6.20. The van der Waals surface area contributed by atoms with E-state index in [1.165, 1.54) is 12.1 Å². The quantitative estimate of drug-likeness (QED) is 0.783. The Labute approximate surface area is 144 Å². The number of nitrogens with one attached hydrogen (secondary N) is 2. The van der Waals surface area contributed by atoms with Crippen molar-refractivity contribution in [3.63, 3.8) is 0 Å². The predicted octanol–water partition coefficient (Wildman–Crippen LogP) is 5.33. The van der Waals surface area contributed by atoms with Gasteiger partial charge in [-0.3, -0.25) is 0 Å². The van der Waals surface area contributed by atoms with Crippen LogP contribution in [0.1, 0.15) is 50.8 Å². The Morgan fingerprint density at radius 2 is 1.64 bits per heavy atom. The fourth-order valence-electron chi connectivity index (χ4n) is 2.40. The van der Waals surface area contributed by atoms with Crippen LogP contribution in [0, 0.1) is 0 Å². The van der Waals surface area contributed by atoms with E-state index < -0.39 is 11.7 Å². The van der Waals surface area contributed by atoms with Gasteiger partial charge in [0.1, 0.15) is 5.82 Å². The molecule has 0 saturated heterocycles. The van der Waals surface area contributed by atoms with Gasteiger partial charge < -0.3 is 10.6 Å². The summed E-state index contributed by atoms with van der Waals surface area (Å²) in [6.07, 6.45) is -2.13. The van der Waals surface area contributed by atoms with Crippen LogP contribution in [-0.4, -0.2) is 15.5 Å². The van der Waals surface area contributed by atoms with E-state index in [9.17, 15) is 13.2 Å². The van der Waals surface area contributed by atoms with Crippen LogP contribution < -0.4 is 10.6 Å². The summed E-state index contributed by atoms with van der Waals surface area (Å²) in [6.45, 7) is 6.05. The monoisotopic (exact) mass is 350 g/mol. The summed E-state index contributed by atoms with van der Waals surface area (Å²) in [7, 11) is 0. The highest BCUT2D eigenvalue weighted by Crippen LogP contribution is 2.40. The summed E-state index contributed by atoms with van der Waals surface area (Å²) in [5, 5.41) is 6.32. The Bertz CT molecular complexity index is 744. The van der Waals surface area contributed by atoms with Gasteiger partial charge >= 0.3 is 6.18 Å². The highest BCUT2D eigenvalue weighted by atomic mass is 19.4. The highest BCUT2D eigenvalue weighted by Gasteiger charge is 2.30. The van der Waals surface area contributed by atoms with Crippen LogP contribution in [-0.2, 0) is 6.18 Å². The van der Waals surface area contributed by atoms with Gasteiger partial charge in [0.25, 0.3) is 0 Å². The molecular formula is C18H21F3N4. The molecule has 1 aromatic heterocycles. The highest BCUT2D eigenvalue weighted by molar-refractivity contribution is 5.58. The molecule has 3 rings (SSSR count). The average Bonchev–Trinajstić information content (AvgIpc) is 3.29. The predicted molar refractivity (Wildman–Crippen MR) is 92.1 cm³/mol. The van der Waals surface area contributed by atoms with Crippen LogP contribution in [0.4, 0.5) is 30.6 Å². The number of alkyl halides is 3. The van der Waals surface area contributed by atoms with Crippen molar-refractivity contribution in [1.82, 2.24) is 9.97 Å². The summed E-state index contributed by atoms with van der Waals surface area (Å²) in [5.74, 6) is 1.53. The number of aromatic nitrogens is 2. The van der Waals surface area contributed by atoms with Crippen LogP contribution >= 0.6 is 0 Å². The Morgan fingerprint density at radius 3 is 2.16 bits per heavy atom. The molecule has 2 aromatic rings. The second-order valence-electron chi connectivity index (χ2n) is 7.35. The van der Waals surface area contributed by atoms with E-state index in [-0.39, 0.29) is 5.54 Å². The van der Waals surface area contributed by atoms with Crippen molar-refractivity contribution in [1.29, 1.82) is 0 Å². The molecular weight excluding hydrogens is 329 g/mol. The topological polar surface area (TPSA) is 49.8 Å². The van der Waals surface area contributed by atoms with Gasteiger partial charge in [0.05, 0.1) is 11.3 Å². The SMILES string of the molecule is CC(C)(C)Nc1nc(Nc2ccc(C(F)(F)F)cc2)cc(C2CC2)n1. The van der Waals surface area contributed by atoms with Gasteiger partial charge in [-0.15, -0.1) is 0 Å². The number of anilines is 3. The van der Waals surface area contributed by atoms with Crippen molar-refractivity contribution in [2.45, 2.75) is 51.2 Å². The number of hydrogen-bond donors (Lipinski definition) is 2. The van der Waals surface area contributed by atoms with E-state index >= 15 is 0 Å². The minimum absolute atomic E-state index is 0.187. The first kappa shape index (κ1) is 17.5. The molecule has 0 amide bonds.